The highest BCUT2D eigenvalue weighted by Crippen LogP contribution is 2.14. The number of carbonyl (C=O) groups is 2. The Bertz CT molecular complexity index is 913. The lowest BCUT2D eigenvalue weighted by Gasteiger charge is -2.08. The van der Waals surface area contributed by atoms with Gasteiger partial charge in [-0.15, -0.1) is 0 Å². The van der Waals surface area contributed by atoms with Gasteiger partial charge in [-0.25, -0.2) is 4.79 Å². The van der Waals surface area contributed by atoms with Crippen molar-refractivity contribution in [2.45, 2.75) is 20.4 Å². The summed E-state index contributed by atoms with van der Waals surface area (Å²) in [6.07, 6.45) is 3.45. The lowest BCUT2D eigenvalue weighted by Crippen LogP contribution is -2.20. The predicted octanol–water partition coefficient (Wildman–Crippen LogP) is 2.94. The van der Waals surface area contributed by atoms with Crippen LogP contribution in [0.2, 0.25) is 0 Å². The third kappa shape index (κ3) is 4.38. The third-order valence-corrected chi connectivity index (χ3v) is 3.86. The summed E-state index contributed by atoms with van der Waals surface area (Å²) in [4.78, 5) is 23.9. The minimum atomic E-state index is -0.688. The highest BCUT2D eigenvalue weighted by atomic mass is 16.5. The van der Waals surface area contributed by atoms with Crippen molar-refractivity contribution in [2.75, 3.05) is 11.9 Å². The van der Waals surface area contributed by atoms with Gasteiger partial charge in [0, 0.05) is 18.1 Å². The molecule has 3 aromatic rings. The Kier molecular flexibility index (Phi) is 5.17. The fourth-order valence-electron chi connectivity index (χ4n) is 2.34. The minimum absolute atomic E-state index is 0.0473. The number of hydrogen-bond acceptors (Lipinski definition) is 5. The standard InChI is InChI=1S/C19H19N3O4/c1-13-4-5-15(10-14(13)2)21-18(23)12-25-19(24)17-7-6-16(26-17)11-22-9-3-8-20-22/h3-10H,11-12H2,1-2H3,(H,21,23). The zero-order valence-corrected chi connectivity index (χ0v) is 14.6. The Morgan fingerprint density at radius 1 is 1.19 bits per heavy atom. The van der Waals surface area contributed by atoms with E-state index in [2.05, 4.69) is 10.4 Å². The average molecular weight is 353 g/mol. The van der Waals surface area contributed by atoms with Crippen molar-refractivity contribution in [3.63, 3.8) is 0 Å². The van der Waals surface area contributed by atoms with Crippen LogP contribution in [0.1, 0.15) is 27.4 Å². The van der Waals surface area contributed by atoms with E-state index in [0.29, 0.717) is 18.0 Å². The molecule has 0 bridgehead atoms. The lowest BCUT2D eigenvalue weighted by atomic mass is 10.1. The van der Waals surface area contributed by atoms with Gasteiger partial charge in [0.15, 0.2) is 6.61 Å². The average Bonchev–Trinajstić information content (AvgIpc) is 3.28. The molecule has 1 aromatic carbocycles. The van der Waals surface area contributed by atoms with Crippen LogP contribution in [0.15, 0.2) is 53.2 Å². The number of esters is 1. The van der Waals surface area contributed by atoms with Gasteiger partial charge >= 0.3 is 5.97 Å². The van der Waals surface area contributed by atoms with Crippen LogP contribution >= 0.6 is 0 Å². The number of rotatable bonds is 6. The van der Waals surface area contributed by atoms with E-state index in [9.17, 15) is 9.59 Å². The zero-order valence-electron chi connectivity index (χ0n) is 14.6. The van der Waals surface area contributed by atoms with E-state index < -0.39 is 11.9 Å². The molecule has 26 heavy (non-hydrogen) atoms. The number of aryl methyl sites for hydroxylation is 2. The van der Waals surface area contributed by atoms with Gasteiger partial charge in [0.2, 0.25) is 5.76 Å². The normalized spacial score (nSPS) is 10.5. The summed E-state index contributed by atoms with van der Waals surface area (Å²) >= 11 is 0. The van der Waals surface area contributed by atoms with Gasteiger partial charge in [-0.1, -0.05) is 6.07 Å². The van der Waals surface area contributed by atoms with Gasteiger partial charge in [0.25, 0.3) is 5.91 Å². The highest BCUT2D eigenvalue weighted by molar-refractivity contribution is 5.94. The Hall–Kier alpha value is -3.35. The first-order valence-electron chi connectivity index (χ1n) is 8.11. The molecule has 7 nitrogen and oxygen atoms in total. The molecule has 2 heterocycles. The fourth-order valence-corrected chi connectivity index (χ4v) is 2.34. The number of carbonyl (C=O) groups excluding carboxylic acids is 2. The quantitative estimate of drug-likeness (QED) is 0.689. The number of furan rings is 1. The van der Waals surface area contributed by atoms with Gasteiger partial charge in [0.05, 0.1) is 6.54 Å². The first-order valence-corrected chi connectivity index (χ1v) is 8.11. The van der Waals surface area contributed by atoms with Crippen LogP contribution in [-0.2, 0) is 16.1 Å². The number of hydrogen-bond donors (Lipinski definition) is 1. The highest BCUT2D eigenvalue weighted by Gasteiger charge is 2.15. The molecule has 0 fully saturated rings. The largest absolute Gasteiger partial charge is 0.452 e. The van der Waals surface area contributed by atoms with Crippen LogP contribution in [0.4, 0.5) is 5.69 Å². The van der Waals surface area contributed by atoms with Crippen molar-refractivity contribution in [1.29, 1.82) is 0 Å². The van der Waals surface area contributed by atoms with Crippen molar-refractivity contribution < 1.29 is 18.7 Å². The van der Waals surface area contributed by atoms with Crippen molar-refractivity contribution in [1.82, 2.24) is 9.78 Å². The van der Waals surface area contributed by atoms with Crippen LogP contribution in [0.25, 0.3) is 0 Å². The first kappa shape index (κ1) is 17.5. The topological polar surface area (TPSA) is 86.4 Å². The monoisotopic (exact) mass is 353 g/mol. The summed E-state index contributed by atoms with van der Waals surface area (Å²) in [5, 5.41) is 6.76. The van der Waals surface area contributed by atoms with Crippen LogP contribution in [-0.4, -0.2) is 28.3 Å². The van der Waals surface area contributed by atoms with Gasteiger partial charge < -0.3 is 14.5 Å². The molecule has 2 aromatic heterocycles. The molecule has 0 atom stereocenters. The van der Waals surface area contributed by atoms with Crippen LogP contribution in [0.3, 0.4) is 0 Å². The summed E-state index contributed by atoms with van der Waals surface area (Å²) in [6.45, 7) is 3.98. The van der Waals surface area contributed by atoms with Crippen molar-refractivity contribution in [3.05, 3.63) is 71.4 Å². The predicted molar refractivity (Wildman–Crippen MR) is 94.9 cm³/mol. The summed E-state index contributed by atoms with van der Waals surface area (Å²) in [5.41, 5.74) is 2.87. The number of anilines is 1. The molecule has 3 rings (SSSR count). The Morgan fingerprint density at radius 2 is 2.04 bits per heavy atom. The van der Waals surface area contributed by atoms with Gasteiger partial charge in [-0.3, -0.25) is 9.48 Å². The molecular formula is C19H19N3O4. The second-order valence-electron chi connectivity index (χ2n) is 5.89. The van der Waals surface area contributed by atoms with Crippen LogP contribution in [0, 0.1) is 13.8 Å². The number of nitrogens with one attached hydrogen (secondary N) is 1. The van der Waals surface area contributed by atoms with Crippen LogP contribution in [0.5, 0.6) is 0 Å². The number of benzene rings is 1. The first-order chi connectivity index (χ1) is 12.5. The van der Waals surface area contributed by atoms with E-state index >= 15 is 0 Å². The summed E-state index contributed by atoms with van der Waals surface area (Å²) < 4.78 is 12.1. The van der Waals surface area contributed by atoms with E-state index in [1.807, 2.05) is 26.0 Å². The molecule has 0 unspecified atom stereocenters. The third-order valence-electron chi connectivity index (χ3n) is 3.86. The number of aromatic nitrogens is 2. The summed E-state index contributed by atoms with van der Waals surface area (Å²) in [6, 6.07) is 10.6. The maximum Gasteiger partial charge on any atom is 0.374 e. The molecule has 0 aliphatic rings. The molecule has 0 spiro atoms. The van der Waals surface area contributed by atoms with Crippen LogP contribution < -0.4 is 5.32 Å². The lowest BCUT2D eigenvalue weighted by molar-refractivity contribution is -0.119. The maximum atomic E-state index is 12.0. The minimum Gasteiger partial charge on any atom is -0.452 e. The number of ether oxygens (including phenoxy) is 1. The molecule has 0 aliphatic carbocycles. The van der Waals surface area contributed by atoms with Crippen molar-refractivity contribution in [2.24, 2.45) is 0 Å². The molecule has 134 valence electrons. The van der Waals surface area contributed by atoms with E-state index in [1.165, 1.54) is 6.07 Å². The van der Waals surface area contributed by atoms with E-state index in [-0.39, 0.29) is 12.4 Å². The second-order valence-corrected chi connectivity index (χ2v) is 5.89. The van der Waals surface area contributed by atoms with Gasteiger partial charge in [-0.2, -0.15) is 5.10 Å². The smallest absolute Gasteiger partial charge is 0.374 e. The fraction of sp³-hybridized carbons (Fsp3) is 0.211. The molecule has 0 saturated carbocycles. The molecule has 0 radical (unpaired) electrons. The van der Waals surface area contributed by atoms with Crippen molar-refractivity contribution >= 4 is 17.6 Å². The van der Waals surface area contributed by atoms with E-state index in [0.717, 1.165) is 11.1 Å². The number of amides is 1. The van der Waals surface area contributed by atoms with E-state index in [4.69, 9.17) is 9.15 Å². The Labute approximate surface area is 150 Å². The molecule has 1 N–H and O–H groups in total. The zero-order chi connectivity index (χ0) is 18.5. The number of nitrogens with zero attached hydrogens (tertiary/aromatic N) is 2. The summed E-state index contributed by atoms with van der Waals surface area (Å²) in [5.74, 6) is -0.483. The van der Waals surface area contributed by atoms with Gasteiger partial charge in [-0.05, 0) is 55.3 Å². The molecule has 0 saturated heterocycles. The molecule has 0 aliphatic heterocycles. The SMILES string of the molecule is Cc1ccc(NC(=O)COC(=O)c2ccc(Cn3cccn3)o2)cc1C. The molecule has 7 heteroatoms. The summed E-state index contributed by atoms with van der Waals surface area (Å²) in [7, 11) is 0. The van der Waals surface area contributed by atoms with Gasteiger partial charge in [0.1, 0.15) is 5.76 Å². The van der Waals surface area contributed by atoms with E-state index in [1.54, 1.807) is 35.3 Å². The second kappa shape index (κ2) is 7.69. The Morgan fingerprint density at radius 3 is 2.77 bits per heavy atom. The molecular weight excluding hydrogens is 334 g/mol. The van der Waals surface area contributed by atoms with Crippen molar-refractivity contribution in [3.8, 4) is 0 Å². The molecule has 1 amide bonds. The Balaban J connectivity index is 1.51. The maximum absolute atomic E-state index is 12.0.